The zero-order valence-electron chi connectivity index (χ0n) is 15.7. The van der Waals surface area contributed by atoms with Gasteiger partial charge in [0.25, 0.3) is 5.91 Å². The molecule has 1 N–H and O–H groups in total. The molecule has 8 nitrogen and oxygen atoms in total. The first-order valence-corrected chi connectivity index (χ1v) is 9.20. The van der Waals surface area contributed by atoms with Gasteiger partial charge in [-0.2, -0.15) is 0 Å². The summed E-state index contributed by atoms with van der Waals surface area (Å²) in [5, 5.41) is 3.12. The third-order valence-corrected chi connectivity index (χ3v) is 4.62. The lowest BCUT2D eigenvalue weighted by Gasteiger charge is -2.09. The van der Waals surface area contributed by atoms with E-state index in [2.05, 4.69) is 10.1 Å². The predicted molar refractivity (Wildman–Crippen MR) is 106 cm³/mol. The van der Waals surface area contributed by atoms with E-state index in [1.807, 2.05) is 12.1 Å². The second-order valence-corrected chi connectivity index (χ2v) is 6.78. The maximum absolute atomic E-state index is 12.6. The second kappa shape index (κ2) is 7.92. The number of nitrogens with zero attached hydrogens (tertiary/aromatic N) is 1. The Morgan fingerprint density at radius 3 is 2.60 bits per heavy atom. The number of carbonyl (C=O) groups excluding carboxylic acids is 3. The minimum atomic E-state index is -0.645. The van der Waals surface area contributed by atoms with E-state index in [9.17, 15) is 14.4 Å². The van der Waals surface area contributed by atoms with Crippen molar-refractivity contribution in [1.82, 2.24) is 10.2 Å². The molecule has 0 atom stereocenters. The molecule has 3 aromatic rings. The SMILES string of the molecule is COC(=O)c1ccc(CN2C(=O)N/C(=C\c3ccc(-c4ccc(Cl)cc4)o3)C2=O)o1. The molecule has 0 bridgehead atoms. The lowest BCUT2D eigenvalue weighted by Crippen LogP contribution is -2.30. The Hall–Kier alpha value is -3.78. The fourth-order valence-electron chi connectivity index (χ4n) is 2.89. The lowest BCUT2D eigenvalue weighted by molar-refractivity contribution is -0.123. The van der Waals surface area contributed by atoms with E-state index in [4.69, 9.17) is 20.4 Å². The molecule has 1 aromatic carbocycles. The minimum absolute atomic E-state index is 0.0133. The van der Waals surface area contributed by atoms with Gasteiger partial charge in [-0.05, 0) is 48.5 Å². The molecule has 3 heterocycles. The summed E-state index contributed by atoms with van der Waals surface area (Å²) in [5.41, 5.74) is 0.892. The molecule has 3 amide bonds. The number of amides is 3. The van der Waals surface area contributed by atoms with Gasteiger partial charge in [-0.15, -0.1) is 0 Å². The van der Waals surface area contributed by atoms with Crippen LogP contribution in [0.25, 0.3) is 17.4 Å². The summed E-state index contributed by atoms with van der Waals surface area (Å²) < 4.78 is 15.6. The lowest BCUT2D eigenvalue weighted by atomic mass is 10.2. The molecule has 30 heavy (non-hydrogen) atoms. The van der Waals surface area contributed by atoms with E-state index in [1.165, 1.54) is 25.3 Å². The molecule has 0 unspecified atom stereocenters. The molecular formula is C21H15ClN2O6. The summed E-state index contributed by atoms with van der Waals surface area (Å²) >= 11 is 5.89. The Morgan fingerprint density at radius 2 is 1.87 bits per heavy atom. The van der Waals surface area contributed by atoms with E-state index in [0.717, 1.165) is 10.5 Å². The summed E-state index contributed by atoms with van der Waals surface area (Å²) in [5.74, 6) is 0.0621. The van der Waals surface area contributed by atoms with Gasteiger partial charge in [0.05, 0.1) is 13.7 Å². The van der Waals surface area contributed by atoms with Gasteiger partial charge in [0.15, 0.2) is 0 Å². The van der Waals surface area contributed by atoms with Gasteiger partial charge >= 0.3 is 12.0 Å². The fourth-order valence-corrected chi connectivity index (χ4v) is 3.01. The van der Waals surface area contributed by atoms with Crippen LogP contribution in [0.15, 0.2) is 63.1 Å². The summed E-state index contributed by atoms with van der Waals surface area (Å²) in [6.07, 6.45) is 1.45. The number of halogens is 1. The van der Waals surface area contributed by atoms with Crippen LogP contribution in [0.3, 0.4) is 0 Å². The number of hydrogen-bond donors (Lipinski definition) is 1. The number of carbonyl (C=O) groups is 3. The van der Waals surface area contributed by atoms with Gasteiger partial charge in [-0.3, -0.25) is 9.69 Å². The third-order valence-electron chi connectivity index (χ3n) is 4.37. The average Bonchev–Trinajstić information content (AvgIpc) is 3.45. The maximum atomic E-state index is 12.6. The number of esters is 1. The maximum Gasteiger partial charge on any atom is 0.373 e. The Kier molecular flexibility index (Phi) is 5.16. The molecule has 1 aliphatic rings. The van der Waals surface area contributed by atoms with Gasteiger partial charge in [-0.1, -0.05) is 11.6 Å². The molecule has 1 aliphatic heterocycles. The van der Waals surface area contributed by atoms with E-state index >= 15 is 0 Å². The molecule has 0 spiro atoms. The zero-order chi connectivity index (χ0) is 21.3. The summed E-state index contributed by atoms with van der Waals surface area (Å²) in [6.45, 7) is -0.132. The summed E-state index contributed by atoms with van der Waals surface area (Å²) in [4.78, 5) is 37.3. The highest BCUT2D eigenvalue weighted by atomic mass is 35.5. The summed E-state index contributed by atoms with van der Waals surface area (Å²) in [6, 6.07) is 12.9. The highest BCUT2D eigenvalue weighted by Crippen LogP contribution is 2.26. The van der Waals surface area contributed by atoms with Crippen molar-refractivity contribution in [3.63, 3.8) is 0 Å². The first-order chi connectivity index (χ1) is 14.4. The largest absolute Gasteiger partial charge is 0.463 e. The number of benzene rings is 1. The quantitative estimate of drug-likeness (QED) is 0.375. The number of hydrogen-bond acceptors (Lipinski definition) is 6. The fraction of sp³-hybridized carbons (Fsp3) is 0.0952. The number of imide groups is 1. The van der Waals surface area contributed by atoms with Crippen molar-refractivity contribution in [2.24, 2.45) is 0 Å². The standard InChI is InChI=1S/C21H15ClN2O6/c1-28-20(26)18-9-7-15(30-18)11-24-19(25)16(23-21(24)27)10-14-6-8-17(29-14)12-2-4-13(22)5-3-12/h2-10H,11H2,1H3,(H,23,27)/b16-10-. The summed E-state index contributed by atoms with van der Waals surface area (Å²) in [7, 11) is 1.23. The van der Waals surface area contributed by atoms with Crippen molar-refractivity contribution in [3.8, 4) is 11.3 Å². The molecule has 1 saturated heterocycles. The molecule has 0 saturated carbocycles. The molecule has 9 heteroatoms. The van der Waals surface area contributed by atoms with Crippen LogP contribution in [-0.2, 0) is 16.1 Å². The van der Waals surface area contributed by atoms with E-state index in [1.54, 1.807) is 24.3 Å². The van der Waals surface area contributed by atoms with Crippen LogP contribution in [0.1, 0.15) is 22.1 Å². The zero-order valence-corrected chi connectivity index (χ0v) is 16.4. The van der Waals surface area contributed by atoms with Gasteiger partial charge < -0.3 is 18.9 Å². The van der Waals surface area contributed by atoms with E-state index < -0.39 is 17.9 Å². The molecule has 0 radical (unpaired) electrons. The van der Waals surface area contributed by atoms with Gasteiger partial charge in [0.2, 0.25) is 5.76 Å². The molecule has 2 aromatic heterocycles. The molecule has 152 valence electrons. The average molecular weight is 427 g/mol. The Bertz CT molecular complexity index is 1160. The van der Waals surface area contributed by atoms with Crippen molar-refractivity contribution in [2.45, 2.75) is 6.54 Å². The van der Waals surface area contributed by atoms with Gasteiger partial charge in [0.1, 0.15) is 23.0 Å². The molecule has 4 rings (SSSR count). The number of nitrogens with one attached hydrogen (secondary N) is 1. The first kappa shape index (κ1) is 19.5. The van der Waals surface area contributed by atoms with Crippen LogP contribution >= 0.6 is 11.6 Å². The van der Waals surface area contributed by atoms with Crippen molar-refractivity contribution in [1.29, 1.82) is 0 Å². The second-order valence-electron chi connectivity index (χ2n) is 6.35. The monoisotopic (exact) mass is 426 g/mol. The number of urea groups is 1. The van der Waals surface area contributed by atoms with Gasteiger partial charge in [0, 0.05) is 16.7 Å². The van der Waals surface area contributed by atoms with Crippen LogP contribution in [0, 0.1) is 0 Å². The highest BCUT2D eigenvalue weighted by Gasteiger charge is 2.34. The van der Waals surface area contributed by atoms with Gasteiger partial charge in [-0.25, -0.2) is 9.59 Å². The predicted octanol–water partition coefficient (Wildman–Crippen LogP) is 4.07. The highest BCUT2D eigenvalue weighted by molar-refractivity contribution is 6.30. The number of furan rings is 2. The van der Waals surface area contributed by atoms with E-state index in [0.29, 0.717) is 16.5 Å². The Balaban J connectivity index is 1.50. The number of ether oxygens (including phenoxy) is 1. The smallest absolute Gasteiger partial charge is 0.373 e. The normalized spacial score (nSPS) is 15.0. The number of rotatable bonds is 5. The number of methoxy groups -OCH3 is 1. The van der Waals surface area contributed by atoms with Crippen LogP contribution < -0.4 is 5.32 Å². The topological polar surface area (TPSA) is 102 Å². The van der Waals surface area contributed by atoms with Crippen molar-refractivity contribution in [2.75, 3.05) is 7.11 Å². The Labute approximate surface area is 175 Å². The molecular weight excluding hydrogens is 412 g/mol. The first-order valence-electron chi connectivity index (χ1n) is 8.82. The van der Waals surface area contributed by atoms with Crippen LogP contribution in [0.5, 0.6) is 0 Å². The minimum Gasteiger partial charge on any atom is -0.463 e. The van der Waals surface area contributed by atoms with Crippen molar-refractivity contribution < 1.29 is 28.0 Å². The third kappa shape index (κ3) is 3.85. The van der Waals surface area contributed by atoms with Crippen molar-refractivity contribution >= 4 is 35.6 Å². The van der Waals surface area contributed by atoms with Crippen molar-refractivity contribution in [3.05, 3.63) is 76.5 Å². The van der Waals surface area contributed by atoms with Crippen LogP contribution in [0.4, 0.5) is 4.79 Å². The van der Waals surface area contributed by atoms with Crippen LogP contribution in [-0.4, -0.2) is 29.9 Å². The van der Waals surface area contributed by atoms with E-state index in [-0.39, 0.29) is 23.8 Å². The Morgan fingerprint density at radius 1 is 1.10 bits per heavy atom. The van der Waals surface area contributed by atoms with Crippen LogP contribution in [0.2, 0.25) is 5.02 Å². The molecule has 0 aliphatic carbocycles. The molecule has 1 fully saturated rings.